The number of carbonyl (C=O) groups excluding carboxylic acids is 1. The Labute approximate surface area is 165 Å². The van der Waals surface area contributed by atoms with Gasteiger partial charge in [-0.1, -0.05) is 23.5 Å². The van der Waals surface area contributed by atoms with Gasteiger partial charge in [0.25, 0.3) is 5.91 Å². The van der Waals surface area contributed by atoms with Gasteiger partial charge in [-0.2, -0.15) is 4.99 Å². The highest BCUT2D eigenvalue weighted by molar-refractivity contribution is 7.16. The Morgan fingerprint density at radius 2 is 1.79 bits per heavy atom. The number of hydrogen-bond acceptors (Lipinski definition) is 5. The van der Waals surface area contributed by atoms with Crippen molar-refractivity contribution >= 4 is 27.5 Å². The van der Waals surface area contributed by atoms with Crippen LogP contribution in [0.25, 0.3) is 10.2 Å². The zero-order valence-corrected chi connectivity index (χ0v) is 16.7. The van der Waals surface area contributed by atoms with E-state index in [0.29, 0.717) is 35.0 Å². The average molecular weight is 404 g/mol. The summed E-state index contributed by atoms with van der Waals surface area (Å²) in [5.74, 6) is 0.573. The molecule has 3 aromatic rings. The summed E-state index contributed by atoms with van der Waals surface area (Å²) in [4.78, 5) is 17.3. The minimum atomic E-state index is -0.335. The van der Waals surface area contributed by atoms with E-state index in [1.54, 1.807) is 33.5 Å². The summed E-state index contributed by atoms with van der Waals surface area (Å²) in [7, 11) is 4.77. The number of halogens is 1. The molecule has 0 radical (unpaired) electrons. The second kappa shape index (κ2) is 8.99. The molecule has 0 saturated carbocycles. The molecule has 0 aliphatic rings. The predicted molar refractivity (Wildman–Crippen MR) is 105 cm³/mol. The van der Waals surface area contributed by atoms with Crippen molar-refractivity contribution in [3.8, 4) is 11.5 Å². The summed E-state index contributed by atoms with van der Waals surface area (Å²) in [5, 5.41) is 0. The van der Waals surface area contributed by atoms with Gasteiger partial charge in [0.1, 0.15) is 5.82 Å². The first-order valence-electron chi connectivity index (χ1n) is 8.62. The number of rotatable bonds is 7. The van der Waals surface area contributed by atoms with Gasteiger partial charge in [0, 0.05) is 25.8 Å². The highest BCUT2D eigenvalue weighted by atomic mass is 32.1. The molecule has 0 bridgehead atoms. The topological polar surface area (TPSA) is 62.1 Å². The molecule has 28 heavy (non-hydrogen) atoms. The maximum absolute atomic E-state index is 13.0. The van der Waals surface area contributed by atoms with Crippen molar-refractivity contribution in [2.75, 3.05) is 27.9 Å². The molecular weight excluding hydrogens is 383 g/mol. The van der Waals surface area contributed by atoms with E-state index in [4.69, 9.17) is 14.2 Å². The van der Waals surface area contributed by atoms with Crippen LogP contribution >= 0.6 is 11.3 Å². The first-order chi connectivity index (χ1) is 13.5. The first-order valence-corrected chi connectivity index (χ1v) is 9.43. The molecule has 1 heterocycles. The molecule has 0 N–H and O–H groups in total. The van der Waals surface area contributed by atoms with Crippen LogP contribution in [-0.4, -0.2) is 38.4 Å². The molecule has 148 valence electrons. The molecule has 3 rings (SSSR count). The second-order valence-electron chi connectivity index (χ2n) is 6.01. The summed E-state index contributed by atoms with van der Waals surface area (Å²) in [6, 6.07) is 9.57. The van der Waals surface area contributed by atoms with Crippen LogP contribution in [0.3, 0.4) is 0 Å². The molecular formula is C20H21FN2O4S. The predicted octanol–water partition coefficient (Wildman–Crippen LogP) is 3.18. The van der Waals surface area contributed by atoms with E-state index in [2.05, 4.69) is 4.99 Å². The van der Waals surface area contributed by atoms with Crippen molar-refractivity contribution in [1.82, 2.24) is 4.57 Å². The fourth-order valence-electron chi connectivity index (χ4n) is 2.80. The number of benzene rings is 2. The SMILES string of the molecule is COCCn1c(=NC(=O)Cc2ccc(F)cc2)sc2cc(OC)c(OC)cc21. The number of thiazole rings is 1. The lowest BCUT2D eigenvalue weighted by molar-refractivity contribution is -0.117. The van der Waals surface area contributed by atoms with Crippen molar-refractivity contribution in [1.29, 1.82) is 0 Å². The van der Waals surface area contributed by atoms with Gasteiger partial charge in [0.05, 0.1) is 37.5 Å². The highest BCUT2D eigenvalue weighted by Crippen LogP contribution is 2.33. The minimum absolute atomic E-state index is 0.103. The van der Waals surface area contributed by atoms with Gasteiger partial charge in [-0.15, -0.1) is 0 Å². The number of hydrogen-bond donors (Lipinski definition) is 0. The molecule has 0 unspecified atom stereocenters. The molecule has 0 saturated heterocycles. The lowest BCUT2D eigenvalue weighted by Crippen LogP contribution is -2.19. The maximum Gasteiger partial charge on any atom is 0.252 e. The van der Waals surface area contributed by atoms with E-state index in [9.17, 15) is 9.18 Å². The third kappa shape index (κ3) is 4.40. The van der Waals surface area contributed by atoms with E-state index >= 15 is 0 Å². The summed E-state index contributed by atoms with van der Waals surface area (Å²) < 4.78 is 31.8. The van der Waals surface area contributed by atoms with Crippen molar-refractivity contribution in [3.05, 3.63) is 52.6 Å². The van der Waals surface area contributed by atoms with Gasteiger partial charge in [0.2, 0.25) is 0 Å². The van der Waals surface area contributed by atoms with Gasteiger partial charge in [0.15, 0.2) is 16.3 Å². The van der Waals surface area contributed by atoms with Crippen molar-refractivity contribution in [2.45, 2.75) is 13.0 Å². The molecule has 6 nitrogen and oxygen atoms in total. The lowest BCUT2D eigenvalue weighted by atomic mass is 10.1. The third-order valence-corrected chi connectivity index (χ3v) is 5.24. The Balaban J connectivity index is 2.03. The molecule has 0 aliphatic heterocycles. The summed E-state index contributed by atoms with van der Waals surface area (Å²) in [5.41, 5.74) is 1.59. The van der Waals surface area contributed by atoms with E-state index in [-0.39, 0.29) is 18.1 Å². The normalized spacial score (nSPS) is 11.8. The van der Waals surface area contributed by atoms with Gasteiger partial charge < -0.3 is 18.8 Å². The first kappa shape index (κ1) is 20.0. The van der Waals surface area contributed by atoms with E-state index < -0.39 is 0 Å². The number of nitrogens with zero attached hydrogens (tertiary/aromatic N) is 2. The van der Waals surface area contributed by atoms with Crippen LogP contribution in [0.2, 0.25) is 0 Å². The van der Waals surface area contributed by atoms with Crippen LogP contribution < -0.4 is 14.3 Å². The quantitative estimate of drug-likeness (QED) is 0.607. The van der Waals surface area contributed by atoms with Gasteiger partial charge in [-0.25, -0.2) is 4.39 Å². The number of fused-ring (bicyclic) bond motifs is 1. The maximum atomic E-state index is 13.0. The summed E-state index contributed by atoms with van der Waals surface area (Å²) in [6.45, 7) is 1.01. The number of ether oxygens (including phenoxy) is 3. The second-order valence-corrected chi connectivity index (χ2v) is 7.02. The standard InChI is InChI=1S/C20H21FN2O4S/c1-25-9-8-23-15-11-16(26-2)17(27-3)12-18(15)28-20(23)22-19(24)10-13-4-6-14(21)7-5-13/h4-7,11-12H,8-10H2,1-3H3. The third-order valence-electron chi connectivity index (χ3n) is 4.20. The van der Waals surface area contributed by atoms with Crippen molar-refractivity contribution in [3.63, 3.8) is 0 Å². The zero-order valence-electron chi connectivity index (χ0n) is 15.9. The summed E-state index contributed by atoms with van der Waals surface area (Å²) in [6.07, 6.45) is 0.103. The van der Waals surface area contributed by atoms with Crippen LogP contribution in [-0.2, 0) is 22.5 Å². The minimum Gasteiger partial charge on any atom is -0.493 e. The number of methoxy groups -OCH3 is 3. The molecule has 2 aromatic carbocycles. The number of aromatic nitrogens is 1. The lowest BCUT2D eigenvalue weighted by Gasteiger charge is -2.09. The van der Waals surface area contributed by atoms with E-state index in [1.165, 1.54) is 23.5 Å². The average Bonchev–Trinajstić information content (AvgIpc) is 3.02. The highest BCUT2D eigenvalue weighted by Gasteiger charge is 2.13. The Morgan fingerprint density at radius 1 is 1.11 bits per heavy atom. The fourth-order valence-corrected chi connectivity index (χ4v) is 3.89. The van der Waals surface area contributed by atoms with Crippen molar-refractivity contribution < 1.29 is 23.4 Å². The number of amides is 1. The molecule has 0 atom stereocenters. The van der Waals surface area contributed by atoms with E-state index in [1.807, 2.05) is 16.7 Å². The van der Waals surface area contributed by atoms with Crippen LogP contribution in [0.1, 0.15) is 5.56 Å². The van der Waals surface area contributed by atoms with Crippen molar-refractivity contribution in [2.24, 2.45) is 4.99 Å². The Morgan fingerprint density at radius 3 is 2.43 bits per heavy atom. The van der Waals surface area contributed by atoms with Crippen LogP contribution in [0.4, 0.5) is 4.39 Å². The summed E-state index contributed by atoms with van der Waals surface area (Å²) >= 11 is 1.39. The monoisotopic (exact) mass is 404 g/mol. The zero-order chi connectivity index (χ0) is 20.1. The molecule has 0 fully saturated rings. The molecule has 1 aromatic heterocycles. The van der Waals surface area contributed by atoms with Crippen LogP contribution in [0, 0.1) is 5.82 Å². The Hall–Kier alpha value is -2.71. The molecule has 0 spiro atoms. The molecule has 0 aliphatic carbocycles. The Kier molecular flexibility index (Phi) is 6.43. The molecule has 8 heteroatoms. The largest absolute Gasteiger partial charge is 0.493 e. The van der Waals surface area contributed by atoms with E-state index in [0.717, 1.165) is 10.2 Å². The molecule has 1 amide bonds. The fraction of sp³-hybridized carbons (Fsp3) is 0.300. The van der Waals surface area contributed by atoms with Crippen LogP contribution in [0.15, 0.2) is 41.4 Å². The van der Waals surface area contributed by atoms with Gasteiger partial charge in [-0.05, 0) is 17.7 Å². The Bertz CT molecular complexity index is 1040. The smallest absolute Gasteiger partial charge is 0.252 e. The van der Waals surface area contributed by atoms with Gasteiger partial charge in [-0.3, -0.25) is 4.79 Å². The van der Waals surface area contributed by atoms with Crippen LogP contribution in [0.5, 0.6) is 11.5 Å². The number of carbonyl (C=O) groups is 1. The van der Waals surface area contributed by atoms with Gasteiger partial charge >= 0.3 is 0 Å².